The Morgan fingerprint density at radius 1 is 0.415 bits per heavy atom. The van der Waals surface area contributed by atoms with E-state index in [0.29, 0.717) is 0 Å². The molecule has 0 atom stereocenters. The van der Waals surface area contributed by atoms with Gasteiger partial charge >= 0.3 is 0 Å². The van der Waals surface area contributed by atoms with Crippen molar-refractivity contribution in [2.75, 3.05) is 0 Å². The van der Waals surface area contributed by atoms with Gasteiger partial charge in [0.15, 0.2) is 5.82 Å². The number of para-hydroxylation sites is 3. The van der Waals surface area contributed by atoms with Gasteiger partial charge in [0.25, 0.3) is 0 Å². The number of nitrogens with zero attached hydrogens (tertiary/aromatic N) is 3. The highest BCUT2D eigenvalue weighted by Crippen LogP contribution is 2.38. The van der Waals surface area contributed by atoms with Gasteiger partial charge in [0.05, 0.1) is 22.2 Å². The van der Waals surface area contributed by atoms with E-state index >= 15 is 0 Å². The van der Waals surface area contributed by atoms with E-state index < -0.39 is 0 Å². The van der Waals surface area contributed by atoms with Gasteiger partial charge in [-0.25, -0.2) is 9.97 Å². The summed E-state index contributed by atoms with van der Waals surface area (Å²) < 4.78 is 2.35. The molecule has 0 N–H and O–H groups in total. The van der Waals surface area contributed by atoms with E-state index in [4.69, 9.17) is 9.97 Å². The largest absolute Gasteiger partial charge is 0.309 e. The minimum absolute atomic E-state index is 0.728. The zero-order valence-corrected chi connectivity index (χ0v) is 22.3. The van der Waals surface area contributed by atoms with Gasteiger partial charge in [-0.15, -0.1) is 0 Å². The molecule has 3 heteroatoms. The van der Waals surface area contributed by atoms with Gasteiger partial charge in [-0.3, -0.25) is 0 Å². The minimum atomic E-state index is 0.728. The number of rotatable bonds is 4. The highest BCUT2D eigenvalue weighted by molar-refractivity contribution is 6.11. The van der Waals surface area contributed by atoms with Gasteiger partial charge in [-0.05, 0) is 35.9 Å². The third kappa shape index (κ3) is 3.90. The molecule has 0 fully saturated rings. The molecule has 0 aliphatic rings. The van der Waals surface area contributed by atoms with Crippen molar-refractivity contribution >= 4 is 32.7 Å². The van der Waals surface area contributed by atoms with Crippen molar-refractivity contribution in [3.05, 3.63) is 152 Å². The van der Waals surface area contributed by atoms with Crippen molar-refractivity contribution in [2.45, 2.75) is 0 Å². The van der Waals surface area contributed by atoms with Crippen LogP contribution < -0.4 is 0 Å². The molecular formula is C38H25N3. The van der Waals surface area contributed by atoms with E-state index in [9.17, 15) is 0 Å². The highest BCUT2D eigenvalue weighted by atomic mass is 15.0. The molecule has 0 spiro atoms. The van der Waals surface area contributed by atoms with Gasteiger partial charge in [-0.1, -0.05) is 121 Å². The summed E-state index contributed by atoms with van der Waals surface area (Å²) >= 11 is 0. The highest BCUT2D eigenvalue weighted by Gasteiger charge is 2.17. The lowest BCUT2D eigenvalue weighted by Crippen LogP contribution is -1.97. The summed E-state index contributed by atoms with van der Waals surface area (Å²) in [6.07, 6.45) is 0. The van der Waals surface area contributed by atoms with Crippen molar-refractivity contribution in [1.29, 1.82) is 0 Å². The third-order valence-electron chi connectivity index (χ3n) is 7.80. The lowest BCUT2D eigenvalue weighted by Gasteiger charge is -2.13. The van der Waals surface area contributed by atoms with Crippen LogP contribution in [0.5, 0.6) is 0 Å². The van der Waals surface area contributed by atoms with E-state index in [1.807, 2.05) is 24.3 Å². The average molecular weight is 524 g/mol. The molecule has 192 valence electrons. The molecule has 0 saturated carbocycles. The maximum atomic E-state index is 5.19. The minimum Gasteiger partial charge on any atom is -0.309 e. The van der Waals surface area contributed by atoms with E-state index in [2.05, 4.69) is 132 Å². The smallest absolute Gasteiger partial charge is 0.160 e. The van der Waals surface area contributed by atoms with Gasteiger partial charge in [0.2, 0.25) is 0 Å². The Balaban J connectivity index is 1.41. The lowest BCUT2D eigenvalue weighted by molar-refractivity contribution is 1.18. The van der Waals surface area contributed by atoms with E-state index in [0.717, 1.165) is 50.4 Å². The van der Waals surface area contributed by atoms with Crippen LogP contribution in [-0.4, -0.2) is 14.5 Å². The van der Waals surface area contributed by atoms with Crippen molar-refractivity contribution in [2.24, 2.45) is 0 Å². The molecule has 0 radical (unpaired) electrons. The first kappa shape index (κ1) is 23.4. The molecule has 0 aliphatic carbocycles. The first-order chi connectivity index (χ1) is 20.3. The van der Waals surface area contributed by atoms with Crippen molar-refractivity contribution in [1.82, 2.24) is 14.5 Å². The molecular weight excluding hydrogens is 498 g/mol. The Morgan fingerprint density at radius 2 is 1.05 bits per heavy atom. The summed E-state index contributed by atoms with van der Waals surface area (Å²) in [6.45, 7) is 0. The molecule has 0 unspecified atom stereocenters. The number of benzene rings is 6. The van der Waals surface area contributed by atoms with Crippen LogP contribution in [0, 0.1) is 0 Å². The first-order valence-corrected chi connectivity index (χ1v) is 13.9. The summed E-state index contributed by atoms with van der Waals surface area (Å²) in [5.74, 6) is 0.728. The van der Waals surface area contributed by atoms with Crippen LogP contribution in [0.2, 0.25) is 0 Å². The monoisotopic (exact) mass is 523 g/mol. The molecule has 3 nitrogen and oxygen atoms in total. The molecule has 8 rings (SSSR count). The second-order valence-electron chi connectivity index (χ2n) is 10.2. The summed E-state index contributed by atoms with van der Waals surface area (Å²) in [5.41, 5.74) is 9.75. The van der Waals surface area contributed by atoms with E-state index in [1.54, 1.807) is 0 Å². The molecule has 0 amide bonds. The van der Waals surface area contributed by atoms with Crippen LogP contribution in [0.4, 0.5) is 0 Å². The van der Waals surface area contributed by atoms with Gasteiger partial charge in [0, 0.05) is 38.5 Å². The van der Waals surface area contributed by atoms with Crippen LogP contribution >= 0.6 is 0 Å². The van der Waals surface area contributed by atoms with Crippen LogP contribution in [0.25, 0.3) is 72.2 Å². The topological polar surface area (TPSA) is 30.7 Å². The fourth-order valence-corrected chi connectivity index (χ4v) is 5.91. The summed E-state index contributed by atoms with van der Waals surface area (Å²) in [6, 6.07) is 53.1. The number of hydrogen-bond donors (Lipinski definition) is 0. The zero-order chi connectivity index (χ0) is 27.2. The maximum absolute atomic E-state index is 5.19. The van der Waals surface area contributed by atoms with E-state index in [1.165, 1.54) is 21.8 Å². The normalized spacial score (nSPS) is 11.4. The van der Waals surface area contributed by atoms with Crippen molar-refractivity contribution in [3.63, 3.8) is 0 Å². The van der Waals surface area contributed by atoms with Crippen molar-refractivity contribution in [3.8, 4) is 39.5 Å². The summed E-state index contributed by atoms with van der Waals surface area (Å²) in [4.78, 5) is 10.3. The summed E-state index contributed by atoms with van der Waals surface area (Å²) in [7, 11) is 0. The molecule has 8 aromatic rings. The Kier molecular flexibility index (Phi) is 5.46. The fourth-order valence-electron chi connectivity index (χ4n) is 5.91. The third-order valence-corrected chi connectivity index (χ3v) is 7.80. The molecule has 41 heavy (non-hydrogen) atoms. The fraction of sp³-hybridized carbons (Fsp3) is 0. The predicted octanol–water partition coefficient (Wildman–Crippen LogP) is 9.73. The quantitative estimate of drug-likeness (QED) is 0.230. The maximum Gasteiger partial charge on any atom is 0.160 e. The molecule has 2 heterocycles. The van der Waals surface area contributed by atoms with Crippen LogP contribution in [0.3, 0.4) is 0 Å². The Bertz CT molecular complexity index is 2180. The van der Waals surface area contributed by atoms with Crippen LogP contribution in [0.1, 0.15) is 0 Å². The number of hydrogen-bond acceptors (Lipinski definition) is 2. The Hall–Kier alpha value is -5.54. The zero-order valence-electron chi connectivity index (χ0n) is 22.3. The van der Waals surface area contributed by atoms with Crippen molar-refractivity contribution < 1.29 is 0 Å². The first-order valence-electron chi connectivity index (χ1n) is 13.9. The van der Waals surface area contributed by atoms with Gasteiger partial charge < -0.3 is 4.57 Å². The number of fused-ring (bicyclic) bond motifs is 4. The second-order valence-corrected chi connectivity index (χ2v) is 10.2. The SMILES string of the molecule is c1ccc(-c2nc(-c3ccccc3)c3cccc(-c4ccc5c(c4)c4ccccc4n5-c4ccccc4)c3n2)cc1. The average Bonchev–Trinajstić information content (AvgIpc) is 3.39. The lowest BCUT2D eigenvalue weighted by atomic mass is 9.97. The number of aromatic nitrogens is 3. The molecule has 6 aromatic carbocycles. The van der Waals surface area contributed by atoms with Crippen LogP contribution in [-0.2, 0) is 0 Å². The standard InChI is InChI=1S/C38H25N3/c1-4-13-26(14-5-1)36-32-21-12-20-30(37(32)40-38(39-36)27-15-6-2-7-16-27)28-23-24-35-33(25-28)31-19-10-11-22-34(31)41(35)29-17-8-3-9-18-29/h1-25H. The van der Waals surface area contributed by atoms with Gasteiger partial charge in [-0.2, -0.15) is 0 Å². The van der Waals surface area contributed by atoms with E-state index in [-0.39, 0.29) is 0 Å². The molecule has 0 aliphatic heterocycles. The molecule has 2 aromatic heterocycles. The Labute approximate surface area is 238 Å². The van der Waals surface area contributed by atoms with Gasteiger partial charge in [0.1, 0.15) is 0 Å². The Morgan fingerprint density at radius 3 is 1.83 bits per heavy atom. The predicted molar refractivity (Wildman–Crippen MR) is 170 cm³/mol. The second kappa shape index (κ2) is 9.58. The summed E-state index contributed by atoms with van der Waals surface area (Å²) in [5, 5.41) is 3.50. The molecule has 0 saturated heterocycles. The molecule has 0 bridgehead atoms. The van der Waals surface area contributed by atoms with Crippen LogP contribution in [0.15, 0.2) is 152 Å².